The van der Waals surface area contributed by atoms with Crippen LogP contribution in [-0.4, -0.2) is 25.8 Å². The van der Waals surface area contributed by atoms with Crippen molar-refractivity contribution in [1.82, 2.24) is 19.1 Å². The Balaban J connectivity index is 1.77. The van der Waals surface area contributed by atoms with E-state index in [9.17, 15) is 10.1 Å². The van der Waals surface area contributed by atoms with E-state index in [1.807, 2.05) is 34.6 Å². The van der Waals surface area contributed by atoms with Crippen molar-refractivity contribution < 1.29 is 4.74 Å². The van der Waals surface area contributed by atoms with Gasteiger partial charge in [0, 0.05) is 30.3 Å². The number of ether oxygens (including phenoxy) is 1. The van der Waals surface area contributed by atoms with E-state index in [4.69, 9.17) is 4.74 Å². The van der Waals surface area contributed by atoms with Crippen LogP contribution in [0.3, 0.4) is 0 Å². The topological polar surface area (TPSA) is 77.8 Å². The molecule has 4 bridgehead atoms. The molecule has 3 unspecified atom stereocenters. The summed E-state index contributed by atoms with van der Waals surface area (Å²) in [5, 5.41) is 9.88. The summed E-state index contributed by atoms with van der Waals surface area (Å²) >= 11 is 0. The van der Waals surface area contributed by atoms with Crippen LogP contribution in [0.25, 0.3) is 16.8 Å². The van der Waals surface area contributed by atoms with E-state index in [-0.39, 0.29) is 17.6 Å². The first-order valence-corrected chi connectivity index (χ1v) is 10.5. The molecule has 1 saturated carbocycles. The lowest BCUT2D eigenvalue weighted by atomic mass is 9.77. The maximum Gasteiger partial charge on any atom is 0.360 e. The fourth-order valence-electron chi connectivity index (χ4n) is 5.04. The van der Waals surface area contributed by atoms with E-state index >= 15 is 0 Å². The second kappa shape index (κ2) is 6.91. The molecule has 0 amide bonds. The molecule has 4 aliphatic heterocycles. The number of rotatable bonds is 0. The minimum Gasteiger partial charge on any atom is -0.477 e. The van der Waals surface area contributed by atoms with Crippen molar-refractivity contribution in [2.45, 2.75) is 39.2 Å². The van der Waals surface area contributed by atoms with Crippen molar-refractivity contribution >= 4 is 0 Å². The Morgan fingerprint density at radius 3 is 2.83 bits per heavy atom. The Hall–Kier alpha value is -3.27. The molecule has 2 aromatic heterocycles. The standard InChI is InChI=1S/C23H25N5O2/c1-14-5-4-6-21-19(14)13-30-22-15(2)9-18(12-25-22)16-7-8-20(17(10-16)11-24)28-26(3)23(29)27(21)28/h7-10,12,14,19,21H,4-6,13H2,1-3H3. The Bertz CT molecular complexity index is 1230. The van der Waals surface area contributed by atoms with E-state index in [1.165, 1.54) is 0 Å². The van der Waals surface area contributed by atoms with Gasteiger partial charge in [0.2, 0.25) is 5.88 Å². The molecule has 8 rings (SSSR count). The molecule has 1 fully saturated rings. The number of hydrogen-bond donors (Lipinski definition) is 0. The van der Waals surface area contributed by atoms with E-state index in [1.54, 1.807) is 17.9 Å². The predicted octanol–water partition coefficient (Wildman–Crippen LogP) is 3.59. The molecule has 3 atom stereocenters. The summed E-state index contributed by atoms with van der Waals surface area (Å²) in [6.07, 6.45) is 4.91. The fraction of sp³-hybridized carbons (Fsp3) is 0.435. The molecule has 0 radical (unpaired) electrons. The molecule has 0 N–H and O–H groups in total. The first-order valence-electron chi connectivity index (χ1n) is 10.5. The highest BCUT2D eigenvalue weighted by atomic mass is 16.5. The second-order valence-electron chi connectivity index (χ2n) is 8.58. The monoisotopic (exact) mass is 403 g/mol. The molecule has 0 spiro atoms. The van der Waals surface area contributed by atoms with Crippen molar-refractivity contribution in [3.8, 4) is 28.8 Å². The van der Waals surface area contributed by atoms with Crippen molar-refractivity contribution in [2.75, 3.05) is 6.61 Å². The van der Waals surface area contributed by atoms with Crippen LogP contribution < -0.4 is 10.4 Å². The van der Waals surface area contributed by atoms with Crippen molar-refractivity contribution in [1.29, 1.82) is 5.26 Å². The molecule has 5 aliphatic rings. The van der Waals surface area contributed by atoms with Gasteiger partial charge in [0.1, 0.15) is 6.07 Å². The van der Waals surface area contributed by atoms with Gasteiger partial charge in [-0.3, -0.25) is 0 Å². The number of nitriles is 1. The molecule has 154 valence electrons. The number of hydrogen-bond acceptors (Lipinski definition) is 4. The zero-order chi connectivity index (χ0) is 21.0. The number of benzene rings is 1. The third-order valence-corrected chi connectivity index (χ3v) is 6.77. The van der Waals surface area contributed by atoms with Crippen molar-refractivity contribution in [3.63, 3.8) is 0 Å². The van der Waals surface area contributed by atoms with Gasteiger partial charge < -0.3 is 4.74 Å². The molecule has 1 aliphatic carbocycles. The van der Waals surface area contributed by atoms with Gasteiger partial charge in [0.05, 0.1) is 23.9 Å². The van der Waals surface area contributed by atoms with Crippen LogP contribution in [0.4, 0.5) is 0 Å². The first kappa shape index (κ1) is 18.7. The third kappa shape index (κ3) is 2.71. The van der Waals surface area contributed by atoms with Gasteiger partial charge in [-0.05, 0) is 43.0 Å². The van der Waals surface area contributed by atoms with Crippen molar-refractivity contribution in [3.05, 3.63) is 52.1 Å². The zero-order valence-electron chi connectivity index (χ0n) is 17.5. The molecule has 7 nitrogen and oxygen atoms in total. The molecule has 7 heteroatoms. The molecule has 1 aromatic carbocycles. The van der Waals surface area contributed by atoms with E-state index in [0.717, 1.165) is 41.6 Å². The average molecular weight is 403 g/mol. The Labute approximate surface area is 175 Å². The van der Waals surface area contributed by atoms with Crippen LogP contribution in [0.1, 0.15) is 43.4 Å². The number of nitrogens with zero attached hydrogens (tertiary/aromatic N) is 5. The van der Waals surface area contributed by atoms with E-state index < -0.39 is 0 Å². The highest BCUT2D eigenvalue weighted by Crippen LogP contribution is 2.39. The fourth-order valence-corrected chi connectivity index (χ4v) is 5.04. The minimum atomic E-state index is -0.0446. The SMILES string of the molecule is Cc1cc2cnc1OCC1C(C)CCCC1n1c(=O)n(C)n1-c1ccc-2cc1C#N. The summed E-state index contributed by atoms with van der Waals surface area (Å²) in [6.45, 7) is 4.75. The van der Waals surface area contributed by atoms with Gasteiger partial charge in [0.25, 0.3) is 0 Å². The lowest BCUT2D eigenvalue weighted by molar-refractivity contribution is 0.0687. The van der Waals surface area contributed by atoms with Gasteiger partial charge in [-0.25, -0.2) is 19.1 Å². The van der Waals surface area contributed by atoms with Gasteiger partial charge in [-0.2, -0.15) is 10.1 Å². The first-order chi connectivity index (χ1) is 14.5. The predicted molar refractivity (Wildman–Crippen MR) is 113 cm³/mol. The number of aryl methyl sites for hydroxylation is 1. The van der Waals surface area contributed by atoms with E-state index in [0.29, 0.717) is 24.0 Å². The molecular weight excluding hydrogens is 378 g/mol. The normalized spacial score (nSPS) is 22.7. The molecular formula is C23H25N5O2. The highest BCUT2D eigenvalue weighted by molar-refractivity contribution is 5.68. The van der Waals surface area contributed by atoms with Gasteiger partial charge >= 0.3 is 5.69 Å². The van der Waals surface area contributed by atoms with Gasteiger partial charge in [0.15, 0.2) is 0 Å². The quantitative estimate of drug-likeness (QED) is 0.575. The molecule has 30 heavy (non-hydrogen) atoms. The summed E-state index contributed by atoms with van der Waals surface area (Å²) in [5.74, 6) is 1.25. The van der Waals surface area contributed by atoms with Crippen LogP contribution in [0.2, 0.25) is 0 Å². The lowest BCUT2D eigenvalue weighted by Crippen LogP contribution is -2.53. The largest absolute Gasteiger partial charge is 0.477 e. The number of aromatic nitrogens is 4. The Morgan fingerprint density at radius 2 is 2.07 bits per heavy atom. The van der Waals surface area contributed by atoms with Gasteiger partial charge in [-0.1, -0.05) is 25.8 Å². The van der Waals surface area contributed by atoms with Crippen LogP contribution in [0, 0.1) is 30.1 Å². The summed E-state index contributed by atoms with van der Waals surface area (Å²) in [7, 11) is 1.75. The van der Waals surface area contributed by atoms with Crippen LogP contribution in [-0.2, 0) is 7.05 Å². The second-order valence-corrected chi connectivity index (χ2v) is 8.58. The summed E-state index contributed by atoms with van der Waals surface area (Å²) in [5.41, 5.74) is 4.03. The maximum absolute atomic E-state index is 12.9. The zero-order valence-corrected chi connectivity index (χ0v) is 17.5. The Morgan fingerprint density at radius 1 is 1.23 bits per heavy atom. The smallest absolute Gasteiger partial charge is 0.360 e. The maximum atomic E-state index is 12.9. The number of pyridine rings is 1. The van der Waals surface area contributed by atoms with E-state index in [2.05, 4.69) is 24.0 Å². The Kier molecular flexibility index (Phi) is 4.31. The summed E-state index contributed by atoms with van der Waals surface area (Å²) in [6, 6.07) is 10.2. The minimum absolute atomic E-state index is 0.0196. The highest BCUT2D eigenvalue weighted by Gasteiger charge is 2.37. The van der Waals surface area contributed by atoms with Crippen molar-refractivity contribution in [2.24, 2.45) is 18.9 Å². The van der Waals surface area contributed by atoms with Gasteiger partial charge in [-0.15, -0.1) is 0 Å². The lowest BCUT2D eigenvalue weighted by Gasteiger charge is -2.40. The van der Waals surface area contributed by atoms with Crippen LogP contribution in [0.15, 0.2) is 35.3 Å². The summed E-state index contributed by atoms with van der Waals surface area (Å²) < 4.78 is 9.59. The third-order valence-electron chi connectivity index (χ3n) is 6.77. The van der Waals surface area contributed by atoms with Crippen LogP contribution in [0.5, 0.6) is 5.88 Å². The molecule has 3 aromatic rings. The molecule has 0 saturated heterocycles. The average Bonchev–Trinajstić information content (AvgIpc) is 2.76. The summed E-state index contributed by atoms with van der Waals surface area (Å²) in [4.78, 5) is 19.3. The molecule has 6 heterocycles. The van der Waals surface area contributed by atoms with Crippen LogP contribution >= 0.6 is 0 Å².